The Morgan fingerprint density at radius 1 is 1.14 bits per heavy atom. The first kappa shape index (κ1) is 19.6. The molecule has 3 aromatic rings. The summed E-state index contributed by atoms with van der Waals surface area (Å²) < 4.78 is 5.56. The molecule has 0 fully saturated rings. The maximum absolute atomic E-state index is 12.3. The summed E-state index contributed by atoms with van der Waals surface area (Å²) >= 11 is 1.44. The first-order valence-corrected chi connectivity index (χ1v) is 9.43. The summed E-state index contributed by atoms with van der Waals surface area (Å²) in [5.41, 5.74) is 4.41. The van der Waals surface area contributed by atoms with Gasteiger partial charge in [0.05, 0.1) is 12.1 Å². The van der Waals surface area contributed by atoms with Crippen molar-refractivity contribution >= 4 is 34.6 Å². The zero-order valence-corrected chi connectivity index (χ0v) is 16.6. The Balaban J connectivity index is 1.58. The summed E-state index contributed by atoms with van der Waals surface area (Å²) in [4.78, 5) is 28.5. The number of carbonyl (C=O) groups is 2. The molecular formula is C19H21N5O3S. The van der Waals surface area contributed by atoms with Crippen molar-refractivity contribution in [3.8, 4) is 10.8 Å². The lowest BCUT2D eigenvalue weighted by molar-refractivity contribution is -0.115. The number of nitrogens with one attached hydrogen (secondary N) is 3. The summed E-state index contributed by atoms with van der Waals surface area (Å²) in [6, 6.07) is 10.3. The molecule has 0 radical (unpaired) electrons. The van der Waals surface area contributed by atoms with E-state index in [0.717, 1.165) is 10.8 Å². The van der Waals surface area contributed by atoms with Crippen LogP contribution in [0.2, 0.25) is 0 Å². The number of urea groups is 1. The quantitative estimate of drug-likeness (QED) is 0.551. The lowest BCUT2D eigenvalue weighted by atomic mass is 10.2. The molecule has 28 heavy (non-hydrogen) atoms. The van der Waals surface area contributed by atoms with Gasteiger partial charge in [0.2, 0.25) is 5.91 Å². The minimum absolute atomic E-state index is 0.148. The largest absolute Gasteiger partial charge is 0.459 e. The second kappa shape index (κ2) is 8.68. The number of carbonyl (C=O) groups excluding carboxylic acids is 2. The molecule has 9 heteroatoms. The number of aromatic nitrogens is 1. The number of anilines is 2. The molecule has 2 heterocycles. The Kier molecular flexibility index (Phi) is 6.07. The fourth-order valence-corrected chi connectivity index (χ4v) is 3.24. The number of amides is 3. The highest BCUT2D eigenvalue weighted by molar-refractivity contribution is 7.13. The molecular weight excluding hydrogens is 378 g/mol. The molecule has 8 nitrogen and oxygen atoms in total. The first-order chi connectivity index (χ1) is 13.4. The number of benzene rings is 1. The SMILES string of the molecule is Cc1ccc(-c2nc(CC(=O)Nc3cccc(NC(=O)NN(C)C)c3)cs2)o1. The van der Waals surface area contributed by atoms with Crippen molar-refractivity contribution in [2.45, 2.75) is 13.3 Å². The molecule has 2 aromatic heterocycles. The van der Waals surface area contributed by atoms with Gasteiger partial charge < -0.3 is 15.1 Å². The maximum Gasteiger partial charge on any atom is 0.333 e. The molecule has 0 unspecified atom stereocenters. The van der Waals surface area contributed by atoms with E-state index in [0.29, 0.717) is 22.8 Å². The van der Waals surface area contributed by atoms with Gasteiger partial charge in [-0.1, -0.05) is 6.07 Å². The van der Waals surface area contributed by atoms with E-state index in [1.54, 1.807) is 38.4 Å². The molecule has 0 bridgehead atoms. The third kappa shape index (κ3) is 5.41. The van der Waals surface area contributed by atoms with Crippen LogP contribution < -0.4 is 16.1 Å². The predicted octanol–water partition coefficient (Wildman–Crippen LogP) is 3.49. The van der Waals surface area contributed by atoms with Crippen LogP contribution in [0.15, 0.2) is 46.2 Å². The van der Waals surface area contributed by atoms with Gasteiger partial charge in [0.25, 0.3) is 0 Å². The van der Waals surface area contributed by atoms with E-state index in [1.807, 2.05) is 24.4 Å². The normalized spacial score (nSPS) is 10.7. The van der Waals surface area contributed by atoms with Crippen LogP contribution >= 0.6 is 11.3 Å². The van der Waals surface area contributed by atoms with Crippen LogP contribution in [0.1, 0.15) is 11.5 Å². The molecule has 3 N–H and O–H groups in total. The zero-order chi connectivity index (χ0) is 20.1. The van der Waals surface area contributed by atoms with Crippen LogP contribution in [0.25, 0.3) is 10.8 Å². The van der Waals surface area contributed by atoms with Crippen molar-refractivity contribution in [2.75, 3.05) is 24.7 Å². The maximum atomic E-state index is 12.3. The van der Waals surface area contributed by atoms with Gasteiger partial charge >= 0.3 is 6.03 Å². The summed E-state index contributed by atoms with van der Waals surface area (Å²) in [6.45, 7) is 1.87. The Morgan fingerprint density at radius 2 is 1.89 bits per heavy atom. The van der Waals surface area contributed by atoms with Gasteiger partial charge in [-0.3, -0.25) is 10.2 Å². The van der Waals surface area contributed by atoms with Gasteiger partial charge in [0, 0.05) is 30.9 Å². The van der Waals surface area contributed by atoms with Gasteiger partial charge in [-0.2, -0.15) is 0 Å². The molecule has 3 rings (SSSR count). The molecule has 0 saturated heterocycles. The number of thiazole rings is 1. The lowest BCUT2D eigenvalue weighted by Gasteiger charge is -2.13. The Bertz CT molecular complexity index is 979. The number of nitrogens with zero attached hydrogens (tertiary/aromatic N) is 2. The van der Waals surface area contributed by atoms with Crippen molar-refractivity contribution in [1.29, 1.82) is 0 Å². The van der Waals surface area contributed by atoms with E-state index in [1.165, 1.54) is 16.3 Å². The molecule has 0 aliphatic carbocycles. The molecule has 0 aliphatic heterocycles. The smallest absolute Gasteiger partial charge is 0.333 e. The van der Waals surface area contributed by atoms with Crippen LogP contribution in [0.4, 0.5) is 16.2 Å². The van der Waals surface area contributed by atoms with E-state index in [-0.39, 0.29) is 18.4 Å². The average Bonchev–Trinajstić information content (AvgIpc) is 3.23. The fourth-order valence-electron chi connectivity index (χ4n) is 2.46. The van der Waals surface area contributed by atoms with Crippen molar-refractivity contribution in [3.63, 3.8) is 0 Å². The lowest BCUT2D eigenvalue weighted by Crippen LogP contribution is -2.39. The van der Waals surface area contributed by atoms with Crippen LogP contribution in [0, 0.1) is 6.92 Å². The highest BCUT2D eigenvalue weighted by Gasteiger charge is 2.12. The molecule has 146 valence electrons. The molecule has 0 saturated carbocycles. The van der Waals surface area contributed by atoms with E-state index in [4.69, 9.17) is 4.42 Å². The number of hydrogen-bond donors (Lipinski definition) is 3. The van der Waals surface area contributed by atoms with Crippen molar-refractivity contribution in [1.82, 2.24) is 15.4 Å². The second-order valence-electron chi connectivity index (χ2n) is 6.32. The minimum Gasteiger partial charge on any atom is -0.459 e. The van der Waals surface area contributed by atoms with Gasteiger partial charge in [0.15, 0.2) is 10.8 Å². The number of aryl methyl sites for hydroxylation is 1. The standard InChI is InChI=1S/C19H21N5O3S/c1-12-7-8-16(27-12)18-21-15(11-28-18)10-17(25)20-13-5-4-6-14(9-13)22-19(26)23-24(2)3/h4-9,11H,10H2,1-3H3,(H,20,25)(H2,22,23,26). The van der Waals surface area contributed by atoms with Crippen LogP contribution in [0.3, 0.4) is 0 Å². The summed E-state index contributed by atoms with van der Waals surface area (Å²) in [7, 11) is 3.43. The average molecular weight is 399 g/mol. The topological polar surface area (TPSA) is 99.5 Å². The van der Waals surface area contributed by atoms with Crippen molar-refractivity contribution in [3.05, 3.63) is 53.2 Å². The predicted molar refractivity (Wildman–Crippen MR) is 109 cm³/mol. The third-order valence-electron chi connectivity index (χ3n) is 3.57. The molecule has 0 aliphatic rings. The number of rotatable bonds is 6. The Morgan fingerprint density at radius 3 is 2.57 bits per heavy atom. The van der Waals surface area contributed by atoms with Crippen LogP contribution in [-0.4, -0.2) is 36.0 Å². The second-order valence-corrected chi connectivity index (χ2v) is 7.18. The Labute approximate surface area is 166 Å². The number of hydrogen-bond acceptors (Lipinski definition) is 6. The minimum atomic E-state index is -0.364. The summed E-state index contributed by atoms with van der Waals surface area (Å²) in [5.74, 6) is 1.32. The van der Waals surface area contributed by atoms with Gasteiger partial charge in [-0.25, -0.2) is 14.8 Å². The van der Waals surface area contributed by atoms with Gasteiger partial charge in [0.1, 0.15) is 5.76 Å². The van der Waals surface area contributed by atoms with E-state index in [2.05, 4.69) is 21.0 Å². The highest BCUT2D eigenvalue weighted by Crippen LogP contribution is 2.26. The summed E-state index contributed by atoms with van der Waals surface area (Å²) in [6.07, 6.45) is 0.148. The zero-order valence-electron chi connectivity index (χ0n) is 15.8. The Hall–Kier alpha value is -3.17. The van der Waals surface area contributed by atoms with Crippen molar-refractivity contribution in [2.24, 2.45) is 0 Å². The number of hydrazine groups is 1. The molecule has 3 amide bonds. The van der Waals surface area contributed by atoms with E-state index in [9.17, 15) is 9.59 Å². The van der Waals surface area contributed by atoms with Crippen molar-refractivity contribution < 1.29 is 14.0 Å². The van der Waals surface area contributed by atoms with Crippen LogP contribution in [0.5, 0.6) is 0 Å². The number of furan rings is 1. The highest BCUT2D eigenvalue weighted by atomic mass is 32.1. The van der Waals surface area contributed by atoms with Crippen LogP contribution in [-0.2, 0) is 11.2 Å². The molecule has 0 atom stereocenters. The van der Waals surface area contributed by atoms with E-state index < -0.39 is 0 Å². The van der Waals surface area contributed by atoms with Gasteiger partial charge in [-0.15, -0.1) is 11.3 Å². The first-order valence-electron chi connectivity index (χ1n) is 8.55. The monoisotopic (exact) mass is 399 g/mol. The summed E-state index contributed by atoms with van der Waals surface area (Å²) in [5, 5.41) is 9.64. The fraction of sp³-hybridized carbons (Fsp3) is 0.211. The molecule has 0 spiro atoms. The van der Waals surface area contributed by atoms with Gasteiger partial charge in [-0.05, 0) is 37.3 Å². The molecule has 1 aromatic carbocycles. The third-order valence-corrected chi connectivity index (χ3v) is 4.48. The van der Waals surface area contributed by atoms with E-state index >= 15 is 0 Å².